The molecule has 1 N–H and O–H groups in total. The Balaban J connectivity index is 1.33. The van der Waals surface area contributed by atoms with Crippen LogP contribution in [0.2, 0.25) is 5.02 Å². The number of hydrogen-bond donors (Lipinski definition) is 1. The summed E-state index contributed by atoms with van der Waals surface area (Å²) in [4.78, 5) is 19.6. The van der Waals surface area contributed by atoms with Crippen molar-refractivity contribution in [2.75, 3.05) is 49.5 Å². The van der Waals surface area contributed by atoms with E-state index in [1.807, 2.05) is 4.90 Å². The number of carbonyl (C=O) groups is 1. The number of alkyl halides is 3. The minimum atomic E-state index is -4.49. The van der Waals surface area contributed by atoms with E-state index in [2.05, 4.69) is 15.2 Å². The van der Waals surface area contributed by atoms with Crippen LogP contribution in [0.4, 0.5) is 24.7 Å². The predicted molar refractivity (Wildman–Crippen MR) is 135 cm³/mol. The van der Waals surface area contributed by atoms with Gasteiger partial charge in [-0.05, 0) is 49.6 Å². The van der Waals surface area contributed by atoms with Crippen molar-refractivity contribution in [3.05, 3.63) is 46.6 Å². The number of amides is 1. The molecular formula is C24H29ClF3N5O3S. The number of piperazine rings is 1. The first-order valence-corrected chi connectivity index (χ1v) is 13.8. The lowest BCUT2D eigenvalue weighted by Gasteiger charge is -2.43. The SMILES string of the molecule is CC(=O)Nc1ccc(S(=O)(=O)N2CCC(N3CCN(c4ncc(C(F)(F)F)cc4Cl)CC3)CC2)c(C)c1. The summed E-state index contributed by atoms with van der Waals surface area (Å²) in [6, 6.07) is 5.89. The average molecular weight is 560 g/mol. The number of nitrogens with one attached hydrogen (secondary N) is 1. The lowest BCUT2D eigenvalue weighted by atomic mass is 10.0. The number of benzene rings is 1. The summed E-state index contributed by atoms with van der Waals surface area (Å²) >= 11 is 6.11. The fourth-order valence-electron chi connectivity index (χ4n) is 4.92. The first-order chi connectivity index (χ1) is 17.4. The molecule has 0 unspecified atom stereocenters. The van der Waals surface area contributed by atoms with E-state index in [1.165, 1.54) is 17.3 Å². The van der Waals surface area contributed by atoms with E-state index in [-0.39, 0.29) is 21.9 Å². The number of sulfonamides is 1. The van der Waals surface area contributed by atoms with E-state index in [1.54, 1.807) is 19.1 Å². The molecule has 1 amide bonds. The van der Waals surface area contributed by atoms with Gasteiger partial charge in [0, 0.05) is 64.1 Å². The number of halogens is 4. The second kappa shape index (κ2) is 10.8. The number of pyridine rings is 1. The number of hydrogen-bond acceptors (Lipinski definition) is 6. The van der Waals surface area contributed by atoms with Crippen LogP contribution in [-0.4, -0.2) is 73.8 Å². The van der Waals surface area contributed by atoms with Crippen LogP contribution in [0.1, 0.15) is 30.9 Å². The number of anilines is 2. The number of aryl methyl sites for hydroxylation is 1. The maximum Gasteiger partial charge on any atom is 0.417 e. The van der Waals surface area contributed by atoms with Crippen LogP contribution in [0.15, 0.2) is 35.4 Å². The second-order valence-corrected chi connectivity index (χ2v) is 11.7. The largest absolute Gasteiger partial charge is 0.417 e. The van der Waals surface area contributed by atoms with Gasteiger partial charge in [-0.2, -0.15) is 17.5 Å². The molecule has 0 aliphatic carbocycles. The molecule has 0 bridgehead atoms. The molecule has 0 radical (unpaired) electrons. The zero-order chi connectivity index (χ0) is 27.0. The summed E-state index contributed by atoms with van der Waals surface area (Å²) in [7, 11) is -3.66. The van der Waals surface area contributed by atoms with E-state index in [0.717, 1.165) is 12.3 Å². The Labute approximate surface area is 219 Å². The van der Waals surface area contributed by atoms with E-state index in [9.17, 15) is 26.4 Å². The highest BCUT2D eigenvalue weighted by molar-refractivity contribution is 7.89. The molecule has 2 saturated heterocycles. The van der Waals surface area contributed by atoms with Crippen molar-refractivity contribution in [1.29, 1.82) is 0 Å². The zero-order valence-corrected chi connectivity index (χ0v) is 22.1. The summed E-state index contributed by atoms with van der Waals surface area (Å²) in [5.74, 6) is 0.117. The quantitative estimate of drug-likeness (QED) is 0.596. The summed E-state index contributed by atoms with van der Waals surface area (Å²) in [5.41, 5.74) is 0.245. The van der Waals surface area contributed by atoms with Gasteiger partial charge in [-0.25, -0.2) is 13.4 Å². The van der Waals surface area contributed by atoms with Gasteiger partial charge in [0.15, 0.2) is 0 Å². The Hall–Kier alpha value is -2.41. The molecule has 8 nitrogen and oxygen atoms in total. The van der Waals surface area contributed by atoms with Crippen LogP contribution in [0.5, 0.6) is 0 Å². The van der Waals surface area contributed by atoms with Gasteiger partial charge in [-0.1, -0.05) is 11.6 Å². The normalized spacial score (nSPS) is 18.7. The molecule has 0 atom stereocenters. The topological polar surface area (TPSA) is 85.8 Å². The fourth-order valence-corrected chi connectivity index (χ4v) is 6.89. The Bertz CT molecular complexity index is 1260. The van der Waals surface area contributed by atoms with Crippen molar-refractivity contribution in [3.63, 3.8) is 0 Å². The van der Waals surface area contributed by atoms with Crippen molar-refractivity contribution in [1.82, 2.24) is 14.2 Å². The number of piperidine rings is 1. The molecule has 202 valence electrons. The van der Waals surface area contributed by atoms with Crippen molar-refractivity contribution in [3.8, 4) is 0 Å². The molecule has 3 heterocycles. The zero-order valence-electron chi connectivity index (χ0n) is 20.6. The lowest BCUT2D eigenvalue weighted by molar-refractivity contribution is -0.137. The molecule has 0 saturated carbocycles. The lowest BCUT2D eigenvalue weighted by Crippen LogP contribution is -2.54. The highest BCUT2D eigenvalue weighted by Crippen LogP contribution is 2.34. The van der Waals surface area contributed by atoms with E-state index in [0.29, 0.717) is 69.2 Å². The Kier molecular flexibility index (Phi) is 8.03. The van der Waals surface area contributed by atoms with E-state index >= 15 is 0 Å². The van der Waals surface area contributed by atoms with Crippen molar-refractivity contribution >= 4 is 39.0 Å². The van der Waals surface area contributed by atoms with Crippen LogP contribution >= 0.6 is 11.6 Å². The fraction of sp³-hybridized carbons (Fsp3) is 0.500. The summed E-state index contributed by atoms with van der Waals surface area (Å²) < 4.78 is 66.7. The van der Waals surface area contributed by atoms with Crippen LogP contribution in [-0.2, 0) is 21.0 Å². The first kappa shape index (κ1) is 27.6. The van der Waals surface area contributed by atoms with Gasteiger partial charge in [0.1, 0.15) is 5.82 Å². The van der Waals surface area contributed by atoms with Gasteiger partial charge in [-0.15, -0.1) is 0 Å². The number of rotatable bonds is 5. The van der Waals surface area contributed by atoms with Gasteiger partial charge in [0.05, 0.1) is 15.5 Å². The minimum absolute atomic E-state index is 0.0257. The monoisotopic (exact) mass is 559 g/mol. The number of carbonyl (C=O) groups excluding carboxylic acids is 1. The second-order valence-electron chi connectivity index (χ2n) is 9.35. The van der Waals surface area contributed by atoms with Crippen molar-refractivity contribution in [2.24, 2.45) is 0 Å². The molecular weight excluding hydrogens is 531 g/mol. The standard InChI is InChI=1S/C24H29ClF3N5O3S/c1-16-13-19(30-17(2)34)3-4-22(16)37(35,36)33-7-5-20(6-8-33)31-9-11-32(12-10-31)23-21(25)14-18(15-29-23)24(26,27)28/h3-4,13-15,20H,5-12H2,1-2H3,(H,30,34). The van der Waals surface area contributed by atoms with Gasteiger partial charge in [-0.3, -0.25) is 9.69 Å². The van der Waals surface area contributed by atoms with Crippen LogP contribution < -0.4 is 10.2 Å². The molecule has 1 aromatic carbocycles. The van der Waals surface area contributed by atoms with E-state index < -0.39 is 21.8 Å². The summed E-state index contributed by atoms with van der Waals surface area (Å²) in [6.07, 6.45) is -2.33. The molecule has 1 aromatic heterocycles. The van der Waals surface area contributed by atoms with Gasteiger partial charge < -0.3 is 10.2 Å². The van der Waals surface area contributed by atoms with Crippen LogP contribution in [0.25, 0.3) is 0 Å². The van der Waals surface area contributed by atoms with Crippen LogP contribution in [0.3, 0.4) is 0 Å². The third-order valence-electron chi connectivity index (χ3n) is 6.82. The predicted octanol–water partition coefficient (Wildman–Crippen LogP) is 4.00. The summed E-state index contributed by atoms with van der Waals surface area (Å²) in [5, 5.41) is 2.63. The molecule has 2 aliphatic rings. The highest BCUT2D eigenvalue weighted by atomic mass is 35.5. The summed E-state index contributed by atoms with van der Waals surface area (Å²) in [6.45, 7) is 6.39. The first-order valence-electron chi connectivity index (χ1n) is 12.0. The Morgan fingerprint density at radius 1 is 1.08 bits per heavy atom. The molecule has 4 rings (SSSR count). The molecule has 2 aromatic rings. The van der Waals surface area contributed by atoms with Gasteiger partial charge in [0.25, 0.3) is 0 Å². The highest BCUT2D eigenvalue weighted by Gasteiger charge is 2.35. The maximum atomic E-state index is 13.3. The van der Waals surface area contributed by atoms with Crippen LogP contribution in [0, 0.1) is 6.92 Å². The van der Waals surface area contributed by atoms with E-state index in [4.69, 9.17) is 11.6 Å². The molecule has 2 aliphatic heterocycles. The van der Waals surface area contributed by atoms with Gasteiger partial charge >= 0.3 is 6.18 Å². The third kappa shape index (κ3) is 6.19. The number of aromatic nitrogens is 1. The Morgan fingerprint density at radius 2 is 1.73 bits per heavy atom. The van der Waals surface area contributed by atoms with Gasteiger partial charge in [0.2, 0.25) is 15.9 Å². The average Bonchev–Trinajstić information content (AvgIpc) is 2.83. The maximum absolute atomic E-state index is 13.3. The molecule has 2 fully saturated rings. The molecule has 37 heavy (non-hydrogen) atoms. The third-order valence-corrected chi connectivity index (χ3v) is 9.15. The minimum Gasteiger partial charge on any atom is -0.353 e. The van der Waals surface area contributed by atoms with Crippen molar-refractivity contribution < 1.29 is 26.4 Å². The molecule has 0 spiro atoms. The number of nitrogens with zero attached hydrogens (tertiary/aromatic N) is 4. The Morgan fingerprint density at radius 3 is 2.27 bits per heavy atom. The smallest absolute Gasteiger partial charge is 0.353 e. The van der Waals surface area contributed by atoms with Crippen molar-refractivity contribution in [2.45, 2.75) is 43.8 Å². The molecule has 13 heteroatoms.